The van der Waals surface area contributed by atoms with Gasteiger partial charge in [-0.3, -0.25) is 4.79 Å². The first-order chi connectivity index (χ1) is 8.13. The van der Waals surface area contributed by atoms with Crippen molar-refractivity contribution in [1.29, 1.82) is 0 Å². The molecule has 0 bridgehead atoms. The van der Waals surface area contributed by atoms with Crippen LogP contribution in [0.4, 0.5) is 0 Å². The summed E-state index contributed by atoms with van der Waals surface area (Å²) < 4.78 is 5.51. The van der Waals surface area contributed by atoms with Gasteiger partial charge in [0, 0.05) is 13.0 Å². The van der Waals surface area contributed by atoms with Crippen LogP contribution in [0.25, 0.3) is 0 Å². The lowest BCUT2D eigenvalue weighted by Crippen LogP contribution is -2.40. The first-order valence-corrected chi connectivity index (χ1v) is 6.27. The number of hydrogen-bond donors (Lipinski definition) is 2. The van der Waals surface area contributed by atoms with Crippen LogP contribution in [0.2, 0.25) is 0 Å². The van der Waals surface area contributed by atoms with E-state index in [1.54, 1.807) is 6.92 Å². The van der Waals surface area contributed by atoms with Crippen LogP contribution in [0, 0.1) is 0 Å². The standard InChI is InChI=1S/C12H21NO4/c1-2-10(12(15)16)13-11(14)7-6-9-5-3-4-8-17-9/h9-10H,2-8H2,1H3,(H,13,14)(H,15,16)/t9?,10-/m1/s1. The third kappa shape index (κ3) is 5.17. The fraction of sp³-hybridized carbons (Fsp3) is 0.833. The molecular weight excluding hydrogens is 222 g/mol. The first-order valence-electron chi connectivity index (χ1n) is 6.27. The minimum atomic E-state index is -0.977. The summed E-state index contributed by atoms with van der Waals surface area (Å²) in [5.74, 6) is -1.18. The number of rotatable bonds is 6. The molecule has 1 rings (SSSR count). The molecule has 17 heavy (non-hydrogen) atoms. The normalized spacial score (nSPS) is 21.8. The van der Waals surface area contributed by atoms with E-state index < -0.39 is 12.0 Å². The molecule has 0 spiro atoms. The number of carboxylic acid groups (broad SMARTS) is 1. The van der Waals surface area contributed by atoms with E-state index in [9.17, 15) is 9.59 Å². The molecule has 0 saturated carbocycles. The Morgan fingerprint density at radius 3 is 2.76 bits per heavy atom. The number of carboxylic acids is 1. The fourth-order valence-corrected chi connectivity index (χ4v) is 1.93. The van der Waals surface area contributed by atoms with Crippen LogP contribution < -0.4 is 5.32 Å². The van der Waals surface area contributed by atoms with Crippen molar-refractivity contribution in [1.82, 2.24) is 5.32 Å². The molecule has 1 unspecified atom stereocenters. The summed E-state index contributed by atoms with van der Waals surface area (Å²) in [6, 6.07) is -0.769. The molecule has 1 amide bonds. The van der Waals surface area contributed by atoms with E-state index >= 15 is 0 Å². The smallest absolute Gasteiger partial charge is 0.326 e. The fourth-order valence-electron chi connectivity index (χ4n) is 1.93. The van der Waals surface area contributed by atoms with Crippen molar-refractivity contribution in [2.24, 2.45) is 0 Å². The van der Waals surface area contributed by atoms with E-state index in [4.69, 9.17) is 9.84 Å². The molecule has 2 atom stereocenters. The zero-order valence-electron chi connectivity index (χ0n) is 10.3. The molecule has 0 aromatic rings. The Hall–Kier alpha value is -1.10. The van der Waals surface area contributed by atoms with Crippen LogP contribution in [-0.2, 0) is 14.3 Å². The van der Waals surface area contributed by atoms with Crippen molar-refractivity contribution in [2.75, 3.05) is 6.61 Å². The SMILES string of the molecule is CC[C@@H](NC(=O)CCC1CCCCO1)C(=O)O. The number of amides is 1. The Morgan fingerprint density at radius 2 is 2.24 bits per heavy atom. The Morgan fingerprint density at radius 1 is 1.47 bits per heavy atom. The van der Waals surface area contributed by atoms with Crippen LogP contribution in [0.3, 0.4) is 0 Å². The van der Waals surface area contributed by atoms with Gasteiger partial charge < -0.3 is 15.2 Å². The van der Waals surface area contributed by atoms with E-state index in [1.807, 2.05) is 0 Å². The maximum atomic E-state index is 11.5. The number of aliphatic carboxylic acids is 1. The van der Waals surface area contributed by atoms with Gasteiger partial charge in [-0.1, -0.05) is 6.92 Å². The number of ether oxygens (including phenoxy) is 1. The minimum Gasteiger partial charge on any atom is -0.480 e. The number of nitrogens with one attached hydrogen (secondary N) is 1. The van der Waals surface area contributed by atoms with Gasteiger partial charge in [-0.05, 0) is 32.1 Å². The quantitative estimate of drug-likeness (QED) is 0.737. The van der Waals surface area contributed by atoms with Gasteiger partial charge in [0.1, 0.15) is 6.04 Å². The summed E-state index contributed by atoms with van der Waals surface area (Å²) in [7, 11) is 0. The summed E-state index contributed by atoms with van der Waals surface area (Å²) in [5, 5.41) is 11.3. The van der Waals surface area contributed by atoms with Gasteiger partial charge in [-0.2, -0.15) is 0 Å². The van der Waals surface area contributed by atoms with Gasteiger partial charge >= 0.3 is 5.97 Å². The van der Waals surface area contributed by atoms with Gasteiger partial charge in [0.15, 0.2) is 0 Å². The third-order valence-corrected chi connectivity index (χ3v) is 3.01. The molecule has 2 N–H and O–H groups in total. The van der Waals surface area contributed by atoms with Crippen molar-refractivity contribution in [3.8, 4) is 0 Å². The molecule has 1 saturated heterocycles. The zero-order valence-corrected chi connectivity index (χ0v) is 10.3. The van der Waals surface area contributed by atoms with Gasteiger partial charge in [-0.15, -0.1) is 0 Å². The van der Waals surface area contributed by atoms with Gasteiger partial charge in [0.05, 0.1) is 6.10 Å². The van der Waals surface area contributed by atoms with E-state index in [0.717, 1.165) is 25.9 Å². The number of hydrogen-bond acceptors (Lipinski definition) is 3. The molecular formula is C12H21NO4. The summed E-state index contributed by atoms with van der Waals surface area (Å²) in [5.41, 5.74) is 0. The van der Waals surface area contributed by atoms with Gasteiger partial charge in [0.25, 0.3) is 0 Å². The summed E-state index contributed by atoms with van der Waals surface area (Å²) in [4.78, 5) is 22.3. The van der Waals surface area contributed by atoms with Crippen molar-refractivity contribution >= 4 is 11.9 Å². The molecule has 1 aliphatic heterocycles. The molecule has 0 radical (unpaired) electrons. The van der Waals surface area contributed by atoms with E-state index in [-0.39, 0.29) is 12.0 Å². The van der Waals surface area contributed by atoms with Crippen molar-refractivity contribution in [3.63, 3.8) is 0 Å². The molecule has 5 heteroatoms. The predicted octanol–water partition coefficient (Wildman–Crippen LogP) is 1.32. The van der Waals surface area contributed by atoms with E-state index in [2.05, 4.69) is 5.32 Å². The molecule has 5 nitrogen and oxygen atoms in total. The van der Waals surface area contributed by atoms with Gasteiger partial charge in [0.2, 0.25) is 5.91 Å². The third-order valence-electron chi connectivity index (χ3n) is 3.01. The summed E-state index contributed by atoms with van der Waals surface area (Å²) in [6.45, 7) is 2.52. The second kappa shape index (κ2) is 7.27. The van der Waals surface area contributed by atoms with Crippen LogP contribution in [0.5, 0.6) is 0 Å². The highest BCUT2D eigenvalue weighted by Crippen LogP contribution is 2.16. The number of carbonyl (C=O) groups is 2. The topological polar surface area (TPSA) is 75.6 Å². The largest absolute Gasteiger partial charge is 0.480 e. The van der Waals surface area contributed by atoms with Crippen molar-refractivity contribution < 1.29 is 19.4 Å². The molecule has 1 fully saturated rings. The van der Waals surface area contributed by atoms with Gasteiger partial charge in [-0.25, -0.2) is 4.79 Å². The summed E-state index contributed by atoms with van der Waals surface area (Å²) >= 11 is 0. The average molecular weight is 243 g/mol. The highest BCUT2D eigenvalue weighted by atomic mass is 16.5. The van der Waals surface area contributed by atoms with Crippen LogP contribution in [0.1, 0.15) is 45.4 Å². The average Bonchev–Trinajstić information content (AvgIpc) is 2.34. The highest BCUT2D eigenvalue weighted by Gasteiger charge is 2.19. The molecule has 1 heterocycles. The highest BCUT2D eigenvalue weighted by molar-refractivity contribution is 5.83. The Kier molecular flexibility index (Phi) is 5.97. The predicted molar refractivity (Wildman–Crippen MR) is 62.7 cm³/mol. The molecule has 0 aliphatic carbocycles. The monoisotopic (exact) mass is 243 g/mol. The number of carbonyl (C=O) groups excluding carboxylic acids is 1. The van der Waals surface area contributed by atoms with E-state index in [1.165, 1.54) is 0 Å². The minimum absolute atomic E-state index is 0.166. The Balaban J connectivity index is 2.21. The Labute approximate surface area is 102 Å². The second-order valence-corrected chi connectivity index (χ2v) is 4.39. The van der Waals surface area contributed by atoms with Crippen LogP contribution in [-0.4, -0.2) is 35.7 Å². The van der Waals surface area contributed by atoms with E-state index in [0.29, 0.717) is 19.3 Å². The molecule has 0 aromatic carbocycles. The van der Waals surface area contributed by atoms with Crippen molar-refractivity contribution in [3.05, 3.63) is 0 Å². The Bertz CT molecular complexity index is 261. The second-order valence-electron chi connectivity index (χ2n) is 4.39. The lowest BCUT2D eigenvalue weighted by Gasteiger charge is -2.22. The molecule has 0 aromatic heterocycles. The van der Waals surface area contributed by atoms with Crippen LogP contribution >= 0.6 is 0 Å². The first kappa shape index (κ1) is 14.0. The maximum absolute atomic E-state index is 11.5. The van der Waals surface area contributed by atoms with Crippen LogP contribution in [0.15, 0.2) is 0 Å². The van der Waals surface area contributed by atoms with Crippen molar-refractivity contribution in [2.45, 2.75) is 57.6 Å². The zero-order chi connectivity index (χ0) is 12.7. The lowest BCUT2D eigenvalue weighted by molar-refractivity contribution is -0.142. The molecule has 98 valence electrons. The molecule has 1 aliphatic rings. The lowest BCUT2D eigenvalue weighted by atomic mass is 10.0. The maximum Gasteiger partial charge on any atom is 0.326 e. The summed E-state index contributed by atoms with van der Waals surface area (Å²) in [6.07, 6.45) is 4.85.